The lowest BCUT2D eigenvalue weighted by atomic mass is 10.0. The van der Waals surface area contributed by atoms with Crippen molar-refractivity contribution in [3.63, 3.8) is 0 Å². The molecule has 1 amide bonds. The van der Waals surface area contributed by atoms with Crippen LogP contribution in [0.1, 0.15) is 5.56 Å². The molecule has 5 N–H and O–H groups in total. The van der Waals surface area contributed by atoms with Crippen LogP contribution < -0.4 is 15.8 Å². The van der Waals surface area contributed by atoms with Crippen LogP contribution in [0.3, 0.4) is 0 Å². The molecule has 0 heterocycles. The molecule has 26 heavy (non-hydrogen) atoms. The van der Waals surface area contributed by atoms with Gasteiger partial charge < -0.3 is 16.2 Å². The first kappa shape index (κ1) is 20.1. The van der Waals surface area contributed by atoms with Gasteiger partial charge in [-0.3, -0.25) is 4.79 Å². The van der Waals surface area contributed by atoms with Gasteiger partial charge in [-0.25, -0.2) is 13.1 Å². The summed E-state index contributed by atoms with van der Waals surface area (Å²) in [7, 11) is -3.62. The Bertz CT molecular complexity index is 798. The second-order valence-electron chi connectivity index (χ2n) is 5.80. The predicted molar refractivity (Wildman–Crippen MR) is 98.8 cm³/mol. The average Bonchev–Trinajstić information content (AvgIpc) is 2.66. The van der Waals surface area contributed by atoms with Crippen LogP contribution in [0.5, 0.6) is 0 Å². The first-order valence-corrected chi connectivity index (χ1v) is 9.68. The number of amides is 1. The summed E-state index contributed by atoms with van der Waals surface area (Å²) in [6.07, 6.45) is -1.02. The van der Waals surface area contributed by atoms with Gasteiger partial charge in [0.15, 0.2) is 0 Å². The number of benzene rings is 2. The Hall–Kier alpha value is -2.26. The van der Waals surface area contributed by atoms with Gasteiger partial charge in [0.05, 0.1) is 4.90 Å². The van der Waals surface area contributed by atoms with E-state index in [2.05, 4.69) is 10.0 Å². The highest BCUT2D eigenvalue weighted by atomic mass is 32.2. The molecule has 8 heteroatoms. The molecular formula is C18H23N3O4S. The fourth-order valence-corrected chi connectivity index (χ4v) is 3.40. The Labute approximate surface area is 153 Å². The van der Waals surface area contributed by atoms with Gasteiger partial charge in [-0.15, -0.1) is 0 Å². The topological polar surface area (TPSA) is 122 Å². The van der Waals surface area contributed by atoms with Crippen LogP contribution in [0.25, 0.3) is 0 Å². The summed E-state index contributed by atoms with van der Waals surface area (Å²) in [4.78, 5) is 12.1. The number of aliphatic hydroxyl groups excluding tert-OH is 1. The zero-order valence-corrected chi connectivity index (χ0v) is 15.0. The number of sulfonamides is 1. The zero-order valence-electron chi connectivity index (χ0n) is 14.2. The molecule has 0 aliphatic carbocycles. The van der Waals surface area contributed by atoms with Crippen LogP contribution in [0.15, 0.2) is 65.6 Å². The molecule has 0 bridgehead atoms. The number of hydrogen-bond donors (Lipinski definition) is 4. The van der Waals surface area contributed by atoms with E-state index in [4.69, 9.17) is 5.73 Å². The fourth-order valence-electron chi connectivity index (χ4n) is 2.35. The Kier molecular flexibility index (Phi) is 7.28. The molecule has 0 aliphatic rings. The summed E-state index contributed by atoms with van der Waals surface area (Å²) >= 11 is 0. The molecule has 0 spiro atoms. The van der Waals surface area contributed by atoms with E-state index < -0.39 is 28.1 Å². The monoisotopic (exact) mass is 377 g/mol. The van der Waals surface area contributed by atoms with Crippen LogP contribution in [-0.2, 0) is 21.2 Å². The lowest BCUT2D eigenvalue weighted by Gasteiger charge is -2.18. The summed E-state index contributed by atoms with van der Waals surface area (Å²) in [5.74, 6) is -0.632. The van der Waals surface area contributed by atoms with Crippen LogP contribution in [0.4, 0.5) is 0 Å². The molecule has 7 nitrogen and oxygen atoms in total. The Morgan fingerprint density at radius 3 is 2.19 bits per heavy atom. The molecule has 0 saturated heterocycles. The van der Waals surface area contributed by atoms with Crippen molar-refractivity contribution in [1.82, 2.24) is 10.0 Å². The third-order valence-electron chi connectivity index (χ3n) is 3.76. The van der Waals surface area contributed by atoms with Gasteiger partial charge in [0.1, 0.15) is 6.10 Å². The van der Waals surface area contributed by atoms with E-state index in [1.807, 2.05) is 30.3 Å². The lowest BCUT2D eigenvalue weighted by molar-refractivity contribution is -0.130. The summed E-state index contributed by atoms with van der Waals surface area (Å²) in [5, 5.41) is 12.5. The minimum Gasteiger partial charge on any atom is -0.382 e. The maximum Gasteiger partial charge on any atom is 0.250 e. The highest BCUT2D eigenvalue weighted by Crippen LogP contribution is 2.06. The second kappa shape index (κ2) is 9.44. The van der Waals surface area contributed by atoms with Crippen molar-refractivity contribution in [2.75, 3.05) is 13.1 Å². The second-order valence-corrected chi connectivity index (χ2v) is 7.57. The van der Waals surface area contributed by atoms with E-state index in [9.17, 15) is 18.3 Å². The smallest absolute Gasteiger partial charge is 0.250 e. The van der Waals surface area contributed by atoms with Crippen LogP contribution >= 0.6 is 0 Å². The summed E-state index contributed by atoms with van der Waals surface area (Å²) in [6.45, 7) is 0.0453. The third kappa shape index (κ3) is 5.92. The van der Waals surface area contributed by atoms with E-state index in [1.165, 1.54) is 12.1 Å². The molecule has 2 rings (SSSR count). The van der Waals surface area contributed by atoms with Gasteiger partial charge in [0.25, 0.3) is 5.91 Å². The van der Waals surface area contributed by atoms with Gasteiger partial charge >= 0.3 is 0 Å². The summed E-state index contributed by atoms with van der Waals surface area (Å²) in [6, 6.07) is 16.5. The highest BCUT2D eigenvalue weighted by molar-refractivity contribution is 7.89. The van der Waals surface area contributed by atoms with Crippen molar-refractivity contribution in [3.8, 4) is 0 Å². The maximum absolute atomic E-state index is 12.0. The minimum absolute atomic E-state index is 0.00358. The number of nitrogens with one attached hydrogen (secondary N) is 2. The molecule has 0 aliphatic heterocycles. The number of hydrogen-bond acceptors (Lipinski definition) is 5. The van der Waals surface area contributed by atoms with Gasteiger partial charge in [-0.2, -0.15) is 0 Å². The molecule has 0 aromatic heterocycles. The normalized spacial score (nSPS) is 13.8. The van der Waals surface area contributed by atoms with E-state index in [0.717, 1.165) is 5.56 Å². The van der Waals surface area contributed by atoms with Crippen LogP contribution in [-0.4, -0.2) is 44.7 Å². The number of nitrogens with two attached hydrogens (primary N) is 1. The minimum atomic E-state index is -3.62. The predicted octanol–water partition coefficient (Wildman–Crippen LogP) is 0.0120. The molecule has 0 saturated carbocycles. The molecule has 1 unspecified atom stereocenters. The number of carbonyl (C=O) groups excluding carboxylic acids is 1. The first-order chi connectivity index (χ1) is 12.4. The molecule has 2 aromatic carbocycles. The van der Waals surface area contributed by atoms with Gasteiger partial charge in [-0.1, -0.05) is 48.5 Å². The van der Waals surface area contributed by atoms with Crippen molar-refractivity contribution < 1.29 is 18.3 Å². The van der Waals surface area contributed by atoms with E-state index in [1.54, 1.807) is 18.2 Å². The maximum atomic E-state index is 12.0. The summed E-state index contributed by atoms with van der Waals surface area (Å²) in [5.41, 5.74) is 6.80. The van der Waals surface area contributed by atoms with Crippen LogP contribution in [0.2, 0.25) is 0 Å². The Balaban J connectivity index is 1.76. The average molecular weight is 377 g/mol. The molecular weight excluding hydrogens is 354 g/mol. The summed E-state index contributed by atoms with van der Waals surface area (Å²) < 4.78 is 26.4. The van der Waals surface area contributed by atoms with Gasteiger partial charge in [0, 0.05) is 19.1 Å². The largest absolute Gasteiger partial charge is 0.382 e. The van der Waals surface area contributed by atoms with E-state index >= 15 is 0 Å². The van der Waals surface area contributed by atoms with Gasteiger partial charge in [0.2, 0.25) is 10.0 Å². The quantitative estimate of drug-likeness (QED) is 0.459. The van der Waals surface area contributed by atoms with Crippen molar-refractivity contribution in [2.24, 2.45) is 5.73 Å². The van der Waals surface area contributed by atoms with E-state index in [-0.39, 0.29) is 18.0 Å². The molecule has 0 fully saturated rings. The standard InChI is InChI=1S/C18H23N3O4S/c19-16(13-14-7-3-1-4-8-14)17(22)18(23)20-11-12-21-26(24,25)15-9-5-2-6-10-15/h1-10,16-17,21-22H,11-13,19H2,(H,20,23)/t16-,17?/m0/s1. The van der Waals surface area contributed by atoms with E-state index in [0.29, 0.717) is 6.42 Å². The number of aliphatic hydroxyl groups is 1. The Morgan fingerprint density at radius 2 is 1.58 bits per heavy atom. The van der Waals surface area contributed by atoms with Crippen molar-refractivity contribution >= 4 is 15.9 Å². The zero-order chi connectivity index (χ0) is 19.0. The van der Waals surface area contributed by atoms with Crippen molar-refractivity contribution in [1.29, 1.82) is 0 Å². The molecule has 2 aromatic rings. The number of carbonyl (C=O) groups is 1. The van der Waals surface area contributed by atoms with Gasteiger partial charge in [-0.05, 0) is 24.1 Å². The first-order valence-electron chi connectivity index (χ1n) is 8.20. The van der Waals surface area contributed by atoms with Crippen molar-refractivity contribution in [2.45, 2.75) is 23.5 Å². The molecule has 140 valence electrons. The lowest BCUT2D eigenvalue weighted by Crippen LogP contribution is -2.48. The van der Waals surface area contributed by atoms with Crippen LogP contribution in [0, 0.1) is 0 Å². The fraction of sp³-hybridized carbons (Fsp3) is 0.278. The third-order valence-corrected chi connectivity index (χ3v) is 5.24. The Morgan fingerprint density at radius 1 is 1.00 bits per heavy atom. The number of rotatable bonds is 9. The van der Waals surface area contributed by atoms with Crippen molar-refractivity contribution in [3.05, 3.63) is 66.2 Å². The highest BCUT2D eigenvalue weighted by Gasteiger charge is 2.23. The molecule has 0 radical (unpaired) electrons. The molecule has 2 atom stereocenters. The SMILES string of the molecule is N[C@@H](Cc1ccccc1)C(O)C(=O)NCCNS(=O)(=O)c1ccccc1.